The number of nitrogens with one attached hydrogen (secondary N) is 2. The van der Waals surface area contributed by atoms with Crippen molar-refractivity contribution < 1.29 is 40.9 Å². The third-order valence-electron chi connectivity index (χ3n) is 2.07. The van der Waals surface area contributed by atoms with Crippen molar-refractivity contribution in [1.29, 1.82) is 0 Å². The van der Waals surface area contributed by atoms with Crippen molar-refractivity contribution in [2.75, 3.05) is 0 Å². The minimum Gasteiger partial charge on any atom is -0.676 e. The van der Waals surface area contributed by atoms with Crippen LogP contribution < -0.4 is 0 Å². The van der Waals surface area contributed by atoms with E-state index in [0.29, 0.717) is 0 Å². The zero-order valence-corrected chi connectivity index (χ0v) is 11.0. The zero-order chi connectivity index (χ0) is 11.8. The maximum absolute atomic E-state index is 9.43. The van der Waals surface area contributed by atoms with Crippen LogP contribution in [0.25, 0.3) is 11.5 Å². The summed E-state index contributed by atoms with van der Waals surface area (Å²) in [6.07, 6.45) is 3.44. The Hall–Kier alpha value is -0.452. The second kappa shape index (κ2) is 9.75. The van der Waals surface area contributed by atoms with Gasteiger partial charge in [0.1, 0.15) is 6.42 Å². The molecule has 0 aromatic carbocycles. The van der Waals surface area contributed by atoms with Crippen LogP contribution in [-0.4, -0.2) is 34.2 Å². The summed E-state index contributed by atoms with van der Waals surface area (Å²) in [4.78, 5) is 18.9. The van der Waals surface area contributed by atoms with Gasteiger partial charge in [0.05, 0.1) is 0 Å². The second-order valence-electron chi connectivity index (χ2n) is 3.46. The van der Waals surface area contributed by atoms with Gasteiger partial charge in [0.15, 0.2) is 0 Å². The first-order valence-electron chi connectivity index (χ1n) is 4.79. The topological polar surface area (TPSA) is 122 Å². The number of aliphatic carboxylic acids is 2. The number of carboxylic acid groups (broad SMARTS) is 2. The van der Waals surface area contributed by atoms with Gasteiger partial charge in [-0.3, -0.25) is 9.59 Å². The van der Waals surface area contributed by atoms with Crippen LogP contribution in [0.1, 0.15) is 32.1 Å². The van der Waals surface area contributed by atoms with Crippen molar-refractivity contribution in [3.8, 4) is 0 Å². The summed E-state index contributed by atoms with van der Waals surface area (Å²) in [5.74, 6) is -2.62. The fourth-order valence-electron chi connectivity index (χ4n) is 1.26. The maximum atomic E-state index is 9.43. The van der Waals surface area contributed by atoms with Crippen molar-refractivity contribution in [2.24, 2.45) is 0 Å². The van der Waals surface area contributed by atoms with E-state index >= 15 is 0 Å². The largest absolute Gasteiger partial charge is 2.00 e. The number of hydrogen-bond acceptors (Lipinski definition) is 2. The fourth-order valence-corrected chi connectivity index (χ4v) is 1.26. The van der Waals surface area contributed by atoms with Gasteiger partial charge in [-0.1, -0.05) is 25.7 Å². The SMILES string of the molecule is O=C(O)CC(=O)O.[NH-]C1CCCCC1[NH-].[Pt+2]. The molecule has 0 aromatic heterocycles. The fraction of sp³-hybridized carbons (Fsp3) is 0.778. The standard InChI is InChI=1S/C6H12N2.C3H4O4.Pt/c7-5-3-1-2-4-6(5)8;4-2(5)1-3(6)7;/h5-8H,1-4H2;1H2,(H,4,5)(H,6,7);/q-2;;+2. The molecule has 2 atom stereocenters. The second-order valence-corrected chi connectivity index (χ2v) is 3.46. The van der Waals surface area contributed by atoms with Gasteiger partial charge in [-0.15, -0.1) is 0 Å². The van der Waals surface area contributed by atoms with E-state index in [1.807, 2.05) is 0 Å². The van der Waals surface area contributed by atoms with E-state index in [1.54, 1.807) is 0 Å². The quantitative estimate of drug-likeness (QED) is 0.675. The van der Waals surface area contributed by atoms with Gasteiger partial charge in [0.2, 0.25) is 0 Å². The molecule has 1 fully saturated rings. The summed E-state index contributed by atoms with van der Waals surface area (Å²) >= 11 is 0. The molecule has 6 nitrogen and oxygen atoms in total. The van der Waals surface area contributed by atoms with Crippen LogP contribution in [0.15, 0.2) is 0 Å². The first-order chi connectivity index (χ1) is 6.93. The molecule has 96 valence electrons. The molecule has 0 aliphatic heterocycles. The smallest absolute Gasteiger partial charge is 0.676 e. The molecule has 2 unspecified atom stereocenters. The molecule has 0 aromatic rings. The Kier molecular flexibility index (Phi) is 10.9. The number of rotatable bonds is 2. The van der Waals surface area contributed by atoms with Crippen LogP contribution in [0.2, 0.25) is 0 Å². The summed E-state index contributed by atoms with van der Waals surface area (Å²) in [7, 11) is 0. The monoisotopic (exact) mass is 411 g/mol. The summed E-state index contributed by atoms with van der Waals surface area (Å²) in [6.45, 7) is 0. The summed E-state index contributed by atoms with van der Waals surface area (Å²) < 4.78 is 0. The Labute approximate surface area is 109 Å². The van der Waals surface area contributed by atoms with E-state index in [9.17, 15) is 9.59 Å². The predicted molar refractivity (Wildman–Crippen MR) is 54.6 cm³/mol. The number of carboxylic acids is 2. The van der Waals surface area contributed by atoms with Crippen molar-refractivity contribution in [2.45, 2.75) is 44.2 Å². The Morgan fingerprint density at radius 1 is 1.00 bits per heavy atom. The first-order valence-corrected chi connectivity index (χ1v) is 4.79. The van der Waals surface area contributed by atoms with Gasteiger partial charge in [-0.25, -0.2) is 0 Å². The van der Waals surface area contributed by atoms with Crippen LogP contribution in [0.3, 0.4) is 0 Å². The van der Waals surface area contributed by atoms with E-state index in [1.165, 1.54) is 12.8 Å². The maximum Gasteiger partial charge on any atom is 2.00 e. The molecule has 0 bridgehead atoms. The Morgan fingerprint density at radius 3 is 1.44 bits per heavy atom. The van der Waals surface area contributed by atoms with Gasteiger partial charge < -0.3 is 21.7 Å². The van der Waals surface area contributed by atoms with Crippen LogP contribution in [-0.2, 0) is 30.7 Å². The van der Waals surface area contributed by atoms with Crippen molar-refractivity contribution in [3.05, 3.63) is 11.5 Å². The van der Waals surface area contributed by atoms with Gasteiger partial charge in [0.25, 0.3) is 0 Å². The Morgan fingerprint density at radius 2 is 1.31 bits per heavy atom. The predicted octanol–water partition coefficient (Wildman–Crippen LogP) is 1.95. The molecular formula is C9H16N2O4Pt. The molecule has 1 aliphatic rings. The third kappa shape index (κ3) is 10.1. The molecule has 0 amide bonds. The zero-order valence-electron chi connectivity index (χ0n) is 8.72. The van der Waals surface area contributed by atoms with Gasteiger partial charge in [0, 0.05) is 0 Å². The van der Waals surface area contributed by atoms with Gasteiger partial charge in [-0.2, -0.15) is 12.1 Å². The molecule has 0 heterocycles. The van der Waals surface area contributed by atoms with Crippen LogP contribution in [0.4, 0.5) is 0 Å². The normalized spacial score (nSPS) is 23.4. The molecule has 1 rings (SSSR count). The summed E-state index contributed by atoms with van der Waals surface area (Å²) in [5.41, 5.74) is 14.6. The Bertz CT molecular complexity index is 204. The van der Waals surface area contributed by atoms with E-state index in [0.717, 1.165) is 12.8 Å². The molecular weight excluding hydrogens is 395 g/mol. The summed E-state index contributed by atoms with van der Waals surface area (Å²) in [5, 5.41) is 15.4. The third-order valence-corrected chi connectivity index (χ3v) is 2.07. The van der Waals surface area contributed by atoms with Crippen LogP contribution >= 0.6 is 0 Å². The molecule has 0 saturated heterocycles. The number of hydrogen-bond donors (Lipinski definition) is 2. The summed E-state index contributed by atoms with van der Waals surface area (Å²) in [6, 6.07) is -0.160. The van der Waals surface area contributed by atoms with Crippen molar-refractivity contribution in [1.82, 2.24) is 0 Å². The van der Waals surface area contributed by atoms with Crippen molar-refractivity contribution >= 4 is 11.9 Å². The first kappa shape index (κ1) is 17.9. The average molecular weight is 411 g/mol. The molecule has 7 heteroatoms. The molecule has 16 heavy (non-hydrogen) atoms. The van der Waals surface area contributed by atoms with E-state index in [2.05, 4.69) is 0 Å². The van der Waals surface area contributed by atoms with Crippen LogP contribution in [0.5, 0.6) is 0 Å². The van der Waals surface area contributed by atoms with Gasteiger partial charge in [-0.05, 0) is 0 Å². The Balaban J connectivity index is 0. The minimum absolute atomic E-state index is 0. The van der Waals surface area contributed by atoms with Crippen molar-refractivity contribution in [3.63, 3.8) is 0 Å². The van der Waals surface area contributed by atoms with E-state index in [4.69, 9.17) is 21.7 Å². The average Bonchev–Trinajstić information content (AvgIpc) is 2.08. The molecule has 0 spiro atoms. The van der Waals surface area contributed by atoms with Crippen LogP contribution in [0, 0.1) is 0 Å². The minimum atomic E-state index is -1.31. The molecule has 4 N–H and O–H groups in total. The number of carbonyl (C=O) groups is 2. The molecule has 0 radical (unpaired) electrons. The van der Waals surface area contributed by atoms with E-state index < -0.39 is 18.4 Å². The molecule has 1 saturated carbocycles. The molecule has 1 aliphatic carbocycles. The van der Waals surface area contributed by atoms with E-state index in [-0.39, 0.29) is 33.1 Å². The van der Waals surface area contributed by atoms with Gasteiger partial charge >= 0.3 is 33.0 Å².